The van der Waals surface area contributed by atoms with Gasteiger partial charge in [0.25, 0.3) is 0 Å². The Morgan fingerprint density at radius 1 is 1.54 bits per heavy atom. The number of aliphatic hydroxyl groups is 1. The highest BCUT2D eigenvalue weighted by Crippen LogP contribution is 2.26. The van der Waals surface area contributed by atoms with E-state index in [9.17, 15) is 5.11 Å². The van der Waals surface area contributed by atoms with Crippen LogP contribution in [0, 0.1) is 5.92 Å². The standard InChI is InChI=1S/C10H18O3/c1-6-8(10(4,5)11)9(13-12)7(2)3/h6,8-9,11-12H,1-2H2,3-5H3. The van der Waals surface area contributed by atoms with Gasteiger partial charge in [-0.2, -0.15) is 0 Å². The Morgan fingerprint density at radius 3 is 2.08 bits per heavy atom. The molecular formula is C10H18O3. The van der Waals surface area contributed by atoms with Crippen molar-refractivity contribution >= 4 is 0 Å². The maximum absolute atomic E-state index is 9.72. The van der Waals surface area contributed by atoms with E-state index in [1.54, 1.807) is 26.8 Å². The summed E-state index contributed by atoms with van der Waals surface area (Å²) >= 11 is 0. The minimum Gasteiger partial charge on any atom is -0.390 e. The van der Waals surface area contributed by atoms with Crippen LogP contribution in [0.3, 0.4) is 0 Å². The Bertz CT molecular complexity index is 191. The molecule has 0 spiro atoms. The Hall–Kier alpha value is -0.640. The Balaban J connectivity index is 4.73. The van der Waals surface area contributed by atoms with Crippen molar-refractivity contribution in [2.24, 2.45) is 5.92 Å². The molecular weight excluding hydrogens is 168 g/mol. The molecule has 0 heterocycles. The molecule has 0 amide bonds. The van der Waals surface area contributed by atoms with Crippen LogP contribution in [0.1, 0.15) is 20.8 Å². The lowest BCUT2D eigenvalue weighted by Gasteiger charge is -2.31. The third-order valence-electron chi connectivity index (χ3n) is 2.00. The highest BCUT2D eigenvalue weighted by Gasteiger charge is 2.33. The molecule has 0 aliphatic carbocycles. The van der Waals surface area contributed by atoms with Gasteiger partial charge in [-0.15, -0.1) is 6.58 Å². The second-order valence-electron chi connectivity index (χ2n) is 3.79. The average molecular weight is 186 g/mol. The topological polar surface area (TPSA) is 49.7 Å². The zero-order valence-electron chi connectivity index (χ0n) is 8.45. The van der Waals surface area contributed by atoms with Crippen LogP contribution in [0.5, 0.6) is 0 Å². The summed E-state index contributed by atoms with van der Waals surface area (Å²) in [5, 5.41) is 18.4. The molecule has 0 aromatic carbocycles. The third kappa shape index (κ3) is 3.30. The van der Waals surface area contributed by atoms with Crippen molar-refractivity contribution in [1.29, 1.82) is 0 Å². The van der Waals surface area contributed by atoms with Gasteiger partial charge in [-0.3, -0.25) is 5.26 Å². The largest absolute Gasteiger partial charge is 0.390 e. The van der Waals surface area contributed by atoms with E-state index in [-0.39, 0.29) is 5.92 Å². The number of hydrogen-bond donors (Lipinski definition) is 2. The van der Waals surface area contributed by atoms with E-state index in [1.165, 1.54) is 0 Å². The first kappa shape index (κ1) is 12.4. The molecule has 2 N–H and O–H groups in total. The maximum atomic E-state index is 9.72. The minimum absolute atomic E-state index is 0.380. The molecule has 2 unspecified atom stereocenters. The van der Waals surface area contributed by atoms with Crippen molar-refractivity contribution in [2.75, 3.05) is 0 Å². The second-order valence-corrected chi connectivity index (χ2v) is 3.79. The smallest absolute Gasteiger partial charge is 0.122 e. The lowest BCUT2D eigenvalue weighted by atomic mass is 9.84. The first-order valence-electron chi connectivity index (χ1n) is 4.15. The fourth-order valence-corrected chi connectivity index (χ4v) is 1.24. The summed E-state index contributed by atoms with van der Waals surface area (Å²) in [4.78, 5) is 4.26. The molecule has 0 saturated carbocycles. The predicted octanol–water partition coefficient (Wildman–Crippen LogP) is 1.99. The van der Waals surface area contributed by atoms with E-state index in [0.29, 0.717) is 5.57 Å². The van der Waals surface area contributed by atoms with Crippen LogP contribution in [0.15, 0.2) is 24.8 Å². The van der Waals surface area contributed by atoms with Crippen molar-refractivity contribution in [3.05, 3.63) is 24.8 Å². The average Bonchev–Trinajstić information content (AvgIpc) is 1.96. The summed E-state index contributed by atoms with van der Waals surface area (Å²) in [5.41, 5.74) is -0.344. The molecule has 3 nitrogen and oxygen atoms in total. The van der Waals surface area contributed by atoms with E-state index in [1.807, 2.05) is 0 Å². The van der Waals surface area contributed by atoms with E-state index in [4.69, 9.17) is 5.26 Å². The molecule has 0 fully saturated rings. The van der Waals surface area contributed by atoms with Crippen molar-refractivity contribution < 1.29 is 15.3 Å². The zero-order valence-corrected chi connectivity index (χ0v) is 8.45. The van der Waals surface area contributed by atoms with Gasteiger partial charge in [0.2, 0.25) is 0 Å². The molecule has 0 rings (SSSR count). The summed E-state index contributed by atoms with van der Waals surface area (Å²) in [6.45, 7) is 12.2. The molecule has 76 valence electrons. The normalized spacial score (nSPS) is 16.4. The molecule has 0 aromatic rings. The van der Waals surface area contributed by atoms with E-state index in [0.717, 1.165) is 0 Å². The van der Waals surface area contributed by atoms with Gasteiger partial charge >= 0.3 is 0 Å². The van der Waals surface area contributed by atoms with Gasteiger partial charge in [-0.1, -0.05) is 12.7 Å². The molecule has 13 heavy (non-hydrogen) atoms. The molecule has 0 aromatic heterocycles. The quantitative estimate of drug-likeness (QED) is 0.392. The van der Waals surface area contributed by atoms with Gasteiger partial charge in [0.05, 0.1) is 5.60 Å². The Kier molecular flexibility index (Phi) is 4.33. The molecule has 2 atom stereocenters. The molecule has 0 aliphatic rings. The Morgan fingerprint density at radius 2 is 2.00 bits per heavy atom. The molecule has 3 heteroatoms. The summed E-state index contributed by atoms with van der Waals surface area (Å²) in [7, 11) is 0. The van der Waals surface area contributed by atoms with Crippen LogP contribution >= 0.6 is 0 Å². The van der Waals surface area contributed by atoms with Gasteiger partial charge < -0.3 is 5.11 Å². The number of rotatable bonds is 5. The molecule has 0 aliphatic heterocycles. The fourth-order valence-electron chi connectivity index (χ4n) is 1.24. The monoisotopic (exact) mass is 186 g/mol. The van der Waals surface area contributed by atoms with Gasteiger partial charge in [-0.05, 0) is 26.3 Å². The van der Waals surface area contributed by atoms with Gasteiger partial charge in [0, 0.05) is 5.92 Å². The van der Waals surface area contributed by atoms with Gasteiger partial charge in [0.1, 0.15) is 6.10 Å². The van der Waals surface area contributed by atoms with Crippen LogP contribution in [-0.2, 0) is 4.89 Å². The zero-order chi connectivity index (χ0) is 10.6. The highest BCUT2D eigenvalue weighted by atomic mass is 17.1. The van der Waals surface area contributed by atoms with Crippen LogP contribution < -0.4 is 0 Å². The summed E-state index contributed by atoms with van der Waals surface area (Å²) < 4.78 is 0. The second kappa shape index (κ2) is 4.56. The maximum Gasteiger partial charge on any atom is 0.122 e. The first-order valence-corrected chi connectivity index (χ1v) is 4.15. The van der Waals surface area contributed by atoms with E-state index < -0.39 is 11.7 Å². The van der Waals surface area contributed by atoms with Crippen LogP contribution in [0.4, 0.5) is 0 Å². The molecule has 0 radical (unpaired) electrons. The third-order valence-corrected chi connectivity index (χ3v) is 2.00. The van der Waals surface area contributed by atoms with Crippen molar-refractivity contribution in [1.82, 2.24) is 0 Å². The van der Waals surface area contributed by atoms with Crippen molar-refractivity contribution in [3.63, 3.8) is 0 Å². The SMILES string of the molecule is C=CC(C(OO)C(=C)C)C(C)(C)O. The predicted molar refractivity (Wildman–Crippen MR) is 52.3 cm³/mol. The molecule has 0 bridgehead atoms. The van der Waals surface area contributed by atoms with E-state index in [2.05, 4.69) is 18.0 Å². The fraction of sp³-hybridized carbons (Fsp3) is 0.600. The Labute approximate surface area is 79.3 Å². The minimum atomic E-state index is -0.992. The summed E-state index contributed by atoms with van der Waals surface area (Å²) in [6, 6.07) is 0. The van der Waals surface area contributed by atoms with E-state index >= 15 is 0 Å². The van der Waals surface area contributed by atoms with Crippen LogP contribution in [0.2, 0.25) is 0 Å². The van der Waals surface area contributed by atoms with Crippen LogP contribution in [-0.4, -0.2) is 22.1 Å². The van der Waals surface area contributed by atoms with Crippen molar-refractivity contribution in [2.45, 2.75) is 32.5 Å². The summed E-state index contributed by atoms with van der Waals surface area (Å²) in [5.74, 6) is -0.380. The summed E-state index contributed by atoms with van der Waals surface area (Å²) in [6.07, 6.45) is 0.938. The van der Waals surface area contributed by atoms with Crippen molar-refractivity contribution in [3.8, 4) is 0 Å². The van der Waals surface area contributed by atoms with Gasteiger partial charge in [-0.25, -0.2) is 4.89 Å². The molecule has 0 saturated heterocycles. The lowest BCUT2D eigenvalue weighted by Crippen LogP contribution is -2.39. The van der Waals surface area contributed by atoms with Gasteiger partial charge in [0.15, 0.2) is 0 Å². The first-order chi connectivity index (χ1) is 5.84. The highest BCUT2D eigenvalue weighted by molar-refractivity contribution is 5.08. The number of hydrogen-bond acceptors (Lipinski definition) is 3. The lowest BCUT2D eigenvalue weighted by molar-refractivity contribution is -0.285. The van der Waals surface area contributed by atoms with Crippen LogP contribution in [0.25, 0.3) is 0 Å².